The number of hydrogen-bond donors (Lipinski definition) is 1. The Hall–Kier alpha value is -1.40. The molecular weight excluding hydrogens is 254 g/mol. The Labute approximate surface area is 120 Å². The highest BCUT2D eigenvalue weighted by molar-refractivity contribution is 5.42. The zero-order valence-corrected chi connectivity index (χ0v) is 12.7. The van der Waals surface area contributed by atoms with Crippen LogP contribution in [0.3, 0.4) is 0 Å². The molecule has 0 aromatic carbocycles. The molecule has 112 valence electrons. The predicted octanol–water partition coefficient (Wildman–Crippen LogP) is 0.653. The molecule has 0 spiro atoms. The third kappa shape index (κ3) is 3.37. The summed E-state index contributed by atoms with van der Waals surface area (Å²) in [7, 11) is 1.64. The van der Waals surface area contributed by atoms with Crippen LogP contribution in [-0.4, -0.2) is 60.7 Å². The van der Waals surface area contributed by atoms with Crippen molar-refractivity contribution < 1.29 is 4.74 Å². The molecule has 1 aliphatic heterocycles. The highest BCUT2D eigenvalue weighted by atomic mass is 16.5. The zero-order valence-electron chi connectivity index (χ0n) is 12.7. The molecule has 0 radical (unpaired) electrons. The first kappa shape index (κ1) is 15.0. The summed E-state index contributed by atoms with van der Waals surface area (Å²) >= 11 is 0. The molecule has 6 heteroatoms. The quantitative estimate of drug-likeness (QED) is 0.854. The van der Waals surface area contributed by atoms with Crippen LogP contribution < -0.4 is 15.4 Å². The standard InChI is InChI=1S/C14H25N5O/c1-4-12(10-15)18-5-7-19(8-6-18)13-9-14(20-3)17-11(2)16-13/h9,12H,4-8,10,15H2,1-3H3. The molecule has 1 atom stereocenters. The van der Waals surface area contributed by atoms with Gasteiger partial charge in [-0.15, -0.1) is 0 Å². The van der Waals surface area contributed by atoms with E-state index in [0.29, 0.717) is 11.9 Å². The maximum Gasteiger partial charge on any atom is 0.218 e. The topological polar surface area (TPSA) is 67.5 Å². The molecule has 1 aromatic heterocycles. The lowest BCUT2D eigenvalue weighted by atomic mass is 10.1. The van der Waals surface area contributed by atoms with Crippen molar-refractivity contribution in [2.45, 2.75) is 26.3 Å². The monoisotopic (exact) mass is 279 g/mol. The van der Waals surface area contributed by atoms with Crippen LogP contribution in [0, 0.1) is 6.92 Å². The van der Waals surface area contributed by atoms with E-state index in [1.165, 1.54) is 0 Å². The Morgan fingerprint density at radius 1 is 1.30 bits per heavy atom. The van der Waals surface area contributed by atoms with E-state index in [1.54, 1.807) is 7.11 Å². The van der Waals surface area contributed by atoms with Crippen molar-refractivity contribution in [1.29, 1.82) is 0 Å². The average molecular weight is 279 g/mol. The van der Waals surface area contributed by atoms with Crippen LogP contribution in [0.2, 0.25) is 0 Å². The molecule has 1 fully saturated rings. The number of ether oxygens (including phenoxy) is 1. The van der Waals surface area contributed by atoms with Gasteiger partial charge >= 0.3 is 0 Å². The van der Waals surface area contributed by atoms with E-state index in [-0.39, 0.29) is 0 Å². The second-order valence-electron chi connectivity index (χ2n) is 5.14. The molecule has 2 heterocycles. The first-order valence-electron chi connectivity index (χ1n) is 7.26. The number of hydrogen-bond acceptors (Lipinski definition) is 6. The fraction of sp³-hybridized carbons (Fsp3) is 0.714. The Morgan fingerprint density at radius 3 is 2.55 bits per heavy atom. The van der Waals surface area contributed by atoms with Gasteiger partial charge in [-0.3, -0.25) is 4.90 Å². The van der Waals surface area contributed by atoms with Gasteiger partial charge in [-0.1, -0.05) is 6.92 Å². The lowest BCUT2D eigenvalue weighted by Gasteiger charge is -2.39. The summed E-state index contributed by atoms with van der Waals surface area (Å²) in [5.74, 6) is 2.33. The lowest BCUT2D eigenvalue weighted by Crippen LogP contribution is -2.52. The summed E-state index contributed by atoms with van der Waals surface area (Å²) in [6, 6.07) is 2.40. The summed E-state index contributed by atoms with van der Waals surface area (Å²) < 4.78 is 5.22. The molecule has 6 nitrogen and oxygen atoms in total. The van der Waals surface area contributed by atoms with Crippen molar-refractivity contribution in [1.82, 2.24) is 14.9 Å². The number of aromatic nitrogens is 2. The van der Waals surface area contributed by atoms with Gasteiger partial charge in [0.15, 0.2) is 0 Å². The van der Waals surface area contributed by atoms with E-state index in [9.17, 15) is 0 Å². The first-order valence-corrected chi connectivity index (χ1v) is 7.26. The van der Waals surface area contributed by atoms with Crippen molar-refractivity contribution in [2.75, 3.05) is 44.7 Å². The van der Waals surface area contributed by atoms with Crippen molar-refractivity contribution in [3.63, 3.8) is 0 Å². The van der Waals surface area contributed by atoms with Crippen LogP contribution in [0.1, 0.15) is 19.2 Å². The average Bonchev–Trinajstić information content (AvgIpc) is 2.48. The van der Waals surface area contributed by atoms with Gasteiger partial charge < -0.3 is 15.4 Å². The molecule has 0 amide bonds. The van der Waals surface area contributed by atoms with Gasteiger partial charge in [-0.2, -0.15) is 4.98 Å². The van der Waals surface area contributed by atoms with Gasteiger partial charge in [-0.05, 0) is 13.3 Å². The minimum Gasteiger partial charge on any atom is -0.481 e. The lowest BCUT2D eigenvalue weighted by molar-refractivity contribution is 0.184. The minimum absolute atomic E-state index is 0.499. The Balaban J connectivity index is 2.01. The summed E-state index contributed by atoms with van der Waals surface area (Å²) in [6.45, 7) is 8.82. The normalized spacial score (nSPS) is 18.1. The highest BCUT2D eigenvalue weighted by Crippen LogP contribution is 2.19. The maximum absolute atomic E-state index is 5.83. The molecule has 1 unspecified atom stereocenters. The summed E-state index contributed by atoms with van der Waals surface area (Å²) in [6.07, 6.45) is 1.11. The van der Waals surface area contributed by atoms with Gasteiger partial charge in [0.2, 0.25) is 5.88 Å². The Morgan fingerprint density at radius 2 is 2.00 bits per heavy atom. The van der Waals surface area contributed by atoms with Gasteiger partial charge in [0.1, 0.15) is 11.6 Å². The number of nitrogens with zero attached hydrogens (tertiary/aromatic N) is 4. The number of anilines is 1. The van der Waals surface area contributed by atoms with E-state index in [1.807, 2.05) is 13.0 Å². The Kier molecular flexibility index (Phi) is 5.14. The molecule has 20 heavy (non-hydrogen) atoms. The van der Waals surface area contributed by atoms with E-state index in [4.69, 9.17) is 10.5 Å². The third-order valence-corrected chi connectivity index (χ3v) is 3.91. The predicted molar refractivity (Wildman–Crippen MR) is 80.2 cm³/mol. The van der Waals surface area contributed by atoms with Crippen LogP contribution in [0.5, 0.6) is 5.88 Å². The molecule has 2 N–H and O–H groups in total. The molecule has 1 aromatic rings. The number of piperazine rings is 1. The maximum atomic E-state index is 5.83. The number of methoxy groups -OCH3 is 1. The fourth-order valence-electron chi connectivity index (χ4n) is 2.68. The van der Waals surface area contributed by atoms with Gasteiger partial charge in [-0.25, -0.2) is 4.98 Å². The van der Waals surface area contributed by atoms with E-state index < -0.39 is 0 Å². The van der Waals surface area contributed by atoms with Crippen LogP contribution in [0.25, 0.3) is 0 Å². The second-order valence-corrected chi connectivity index (χ2v) is 5.14. The molecule has 2 rings (SSSR count). The molecular formula is C14H25N5O. The van der Waals surface area contributed by atoms with Crippen LogP contribution in [0.4, 0.5) is 5.82 Å². The van der Waals surface area contributed by atoms with E-state index in [0.717, 1.165) is 50.8 Å². The number of nitrogens with two attached hydrogens (primary N) is 1. The van der Waals surface area contributed by atoms with Gasteiger partial charge in [0, 0.05) is 44.8 Å². The molecule has 1 aliphatic rings. The highest BCUT2D eigenvalue weighted by Gasteiger charge is 2.23. The Bertz CT molecular complexity index is 428. The first-order chi connectivity index (χ1) is 9.67. The summed E-state index contributed by atoms with van der Waals surface area (Å²) in [5.41, 5.74) is 5.83. The minimum atomic E-state index is 0.499. The van der Waals surface area contributed by atoms with Crippen molar-refractivity contribution in [3.05, 3.63) is 11.9 Å². The fourth-order valence-corrected chi connectivity index (χ4v) is 2.68. The van der Waals surface area contributed by atoms with E-state index >= 15 is 0 Å². The van der Waals surface area contributed by atoms with Crippen molar-refractivity contribution in [2.24, 2.45) is 5.73 Å². The van der Waals surface area contributed by atoms with Crippen LogP contribution >= 0.6 is 0 Å². The van der Waals surface area contributed by atoms with E-state index in [2.05, 4.69) is 26.7 Å². The van der Waals surface area contributed by atoms with Crippen molar-refractivity contribution in [3.8, 4) is 5.88 Å². The molecule has 0 saturated carbocycles. The smallest absolute Gasteiger partial charge is 0.218 e. The number of rotatable bonds is 5. The molecule has 1 saturated heterocycles. The van der Waals surface area contributed by atoms with Crippen LogP contribution in [0.15, 0.2) is 6.07 Å². The molecule has 0 aliphatic carbocycles. The number of aryl methyl sites for hydroxylation is 1. The molecule has 0 bridgehead atoms. The largest absolute Gasteiger partial charge is 0.481 e. The SMILES string of the molecule is CCC(CN)N1CCN(c2cc(OC)nc(C)n2)CC1. The zero-order chi connectivity index (χ0) is 14.5. The summed E-state index contributed by atoms with van der Waals surface area (Å²) in [5, 5.41) is 0. The third-order valence-electron chi connectivity index (χ3n) is 3.91. The van der Waals surface area contributed by atoms with Crippen LogP contribution in [-0.2, 0) is 0 Å². The summed E-state index contributed by atoms with van der Waals surface area (Å²) in [4.78, 5) is 13.5. The second kappa shape index (κ2) is 6.85. The van der Waals surface area contributed by atoms with Gasteiger partial charge in [0.05, 0.1) is 7.11 Å². The van der Waals surface area contributed by atoms with Crippen molar-refractivity contribution >= 4 is 5.82 Å². The van der Waals surface area contributed by atoms with Gasteiger partial charge in [0.25, 0.3) is 0 Å².